The molecule has 114 valence electrons. The number of hydrogen-bond donors (Lipinski definition) is 1. The van der Waals surface area contributed by atoms with E-state index in [0.717, 1.165) is 15.0 Å². The van der Waals surface area contributed by atoms with E-state index in [-0.39, 0.29) is 20.7 Å². The van der Waals surface area contributed by atoms with Gasteiger partial charge >= 0.3 is 133 Å². The molecule has 0 saturated carbocycles. The first kappa shape index (κ1) is 16.7. The molecule has 1 aromatic rings. The number of ketones is 1. The van der Waals surface area contributed by atoms with Crippen LogP contribution in [0.2, 0.25) is 25.7 Å². The van der Waals surface area contributed by atoms with Gasteiger partial charge in [0.1, 0.15) is 0 Å². The summed E-state index contributed by atoms with van der Waals surface area (Å²) in [4.78, 5) is 12.1. The molecule has 1 aliphatic rings. The van der Waals surface area contributed by atoms with Crippen molar-refractivity contribution in [2.24, 2.45) is 0 Å². The Hall–Kier alpha value is -0.714. The normalized spacial score (nSPS) is 22.5. The summed E-state index contributed by atoms with van der Waals surface area (Å²) in [5.41, 5.74) is 0. The summed E-state index contributed by atoms with van der Waals surface area (Å²) in [6.07, 6.45) is 0.339. The van der Waals surface area contributed by atoms with Crippen molar-refractivity contribution in [2.45, 2.75) is 37.9 Å². The Labute approximate surface area is 133 Å². The van der Waals surface area contributed by atoms with Crippen LogP contribution in [0, 0.1) is 0 Å². The zero-order chi connectivity index (χ0) is 15.5. The Morgan fingerprint density at radius 3 is 2.52 bits per heavy atom. The van der Waals surface area contributed by atoms with Crippen molar-refractivity contribution in [3.63, 3.8) is 0 Å². The van der Waals surface area contributed by atoms with E-state index < -0.39 is 20.3 Å². The van der Waals surface area contributed by atoms with Crippen LogP contribution in [-0.4, -0.2) is 52.7 Å². The molecule has 0 bridgehead atoms. The molecule has 0 aromatic heterocycles. The number of aliphatic hydroxyl groups is 1. The molecule has 0 saturated heterocycles. The third-order valence-electron chi connectivity index (χ3n) is 3.27. The number of aliphatic hydroxyl groups excluding tert-OH is 1. The molecule has 0 amide bonds. The number of ether oxygens (including phenoxy) is 1. The molecule has 0 unspecified atom stereocenters. The summed E-state index contributed by atoms with van der Waals surface area (Å²) in [5, 5.41) is 10.0. The van der Waals surface area contributed by atoms with Crippen molar-refractivity contribution in [3.8, 4) is 0 Å². The maximum atomic E-state index is 12.1. The topological polar surface area (TPSA) is 46.5 Å². The van der Waals surface area contributed by atoms with Gasteiger partial charge in [0.2, 0.25) is 0 Å². The zero-order valence-electron chi connectivity index (χ0n) is 12.7. The van der Waals surface area contributed by atoms with Crippen molar-refractivity contribution in [3.05, 3.63) is 40.9 Å². The zero-order valence-corrected chi connectivity index (χ0v) is 15.4. The third-order valence-corrected chi connectivity index (χ3v) is 7.21. The van der Waals surface area contributed by atoms with Gasteiger partial charge in [0.25, 0.3) is 0 Å². The molecule has 2 atom stereocenters. The van der Waals surface area contributed by atoms with Crippen molar-refractivity contribution in [1.82, 2.24) is 0 Å². The number of Topliss-reactive ketones (excluding diaryl/α,β-unsaturated/α-hetero) is 1. The van der Waals surface area contributed by atoms with Gasteiger partial charge in [-0.15, -0.1) is 0 Å². The molecular weight excluding hydrogens is 347 g/mol. The second-order valence-corrected chi connectivity index (χ2v) is 14.4. The van der Waals surface area contributed by atoms with Crippen molar-refractivity contribution >= 4 is 33.3 Å². The van der Waals surface area contributed by atoms with Crippen LogP contribution in [0.3, 0.4) is 0 Å². The Morgan fingerprint density at radius 2 is 1.90 bits per heavy atom. The van der Waals surface area contributed by atoms with Crippen LogP contribution in [0.4, 0.5) is 0 Å². The van der Waals surface area contributed by atoms with Crippen LogP contribution >= 0.6 is 0 Å². The van der Waals surface area contributed by atoms with Gasteiger partial charge in [-0.1, -0.05) is 0 Å². The first-order chi connectivity index (χ1) is 9.87. The van der Waals surface area contributed by atoms with Crippen molar-refractivity contribution in [1.29, 1.82) is 0 Å². The van der Waals surface area contributed by atoms with Crippen molar-refractivity contribution in [2.75, 3.05) is 6.61 Å². The molecule has 0 aliphatic heterocycles. The van der Waals surface area contributed by atoms with Crippen LogP contribution in [-0.2, 0) is 9.53 Å². The van der Waals surface area contributed by atoms with Crippen LogP contribution in [0.15, 0.2) is 40.9 Å². The number of carbonyl (C=O) groups is 1. The number of hydrogen-bond acceptors (Lipinski definition) is 3. The van der Waals surface area contributed by atoms with Crippen LogP contribution in [0.5, 0.6) is 0 Å². The molecule has 0 radical (unpaired) electrons. The molecule has 1 aromatic carbocycles. The molecule has 3 nitrogen and oxygen atoms in total. The number of benzene rings is 1. The summed E-state index contributed by atoms with van der Waals surface area (Å²) >= 11 is -0.0593. The SMILES string of the molecule is C[Si](C)(C)CCO[C@H]1C=C([Se]c2ccccc2)C(=O)[C@@H]1O. The molecule has 0 heterocycles. The van der Waals surface area contributed by atoms with Crippen LogP contribution in [0.25, 0.3) is 0 Å². The number of rotatable bonds is 6. The van der Waals surface area contributed by atoms with Crippen molar-refractivity contribution < 1.29 is 14.6 Å². The van der Waals surface area contributed by atoms with E-state index in [1.165, 1.54) is 0 Å². The van der Waals surface area contributed by atoms with E-state index in [2.05, 4.69) is 19.6 Å². The fraction of sp³-hybridized carbons (Fsp3) is 0.438. The van der Waals surface area contributed by atoms with E-state index in [4.69, 9.17) is 4.74 Å². The monoisotopic (exact) mass is 370 g/mol. The van der Waals surface area contributed by atoms with Gasteiger partial charge in [-0.05, 0) is 0 Å². The predicted molar refractivity (Wildman–Crippen MR) is 88.8 cm³/mol. The fourth-order valence-corrected chi connectivity index (χ4v) is 4.72. The number of carbonyl (C=O) groups excluding carboxylic acids is 1. The van der Waals surface area contributed by atoms with E-state index in [1.807, 2.05) is 36.4 Å². The van der Waals surface area contributed by atoms with E-state index in [0.29, 0.717) is 6.61 Å². The van der Waals surface area contributed by atoms with Gasteiger partial charge in [-0.25, -0.2) is 0 Å². The molecule has 0 fully saturated rings. The molecular formula is C16H22O3SeSi. The predicted octanol–water partition coefficient (Wildman–Crippen LogP) is 1.57. The Morgan fingerprint density at radius 1 is 1.24 bits per heavy atom. The van der Waals surface area contributed by atoms with E-state index in [1.54, 1.807) is 0 Å². The average molecular weight is 369 g/mol. The van der Waals surface area contributed by atoms with Gasteiger partial charge in [-0.2, -0.15) is 0 Å². The summed E-state index contributed by atoms with van der Waals surface area (Å²) in [6, 6.07) is 11.0. The summed E-state index contributed by atoms with van der Waals surface area (Å²) < 4.78 is 7.59. The minimum absolute atomic E-state index is 0.0593. The van der Waals surface area contributed by atoms with Gasteiger partial charge in [0.15, 0.2) is 0 Å². The summed E-state index contributed by atoms with van der Waals surface area (Å²) in [5.74, 6) is -0.170. The molecule has 1 N–H and O–H groups in total. The van der Waals surface area contributed by atoms with Gasteiger partial charge in [-0.3, -0.25) is 0 Å². The average Bonchev–Trinajstić information content (AvgIpc) is 2.67. The first-order valence-electron chi connectivity index (χ1n) is 7.15. The molecule has 2 rings (SSSR count). The Kier molecular flexibility index (Phi) is 5.58. The second-order valence-electron chi connectivity index (χ2n) is 6.40. The third kappa shape index (κ3) is 4.90. The van der Waals surface area contributed by atoms with Gasteiger partial charge in [0.05, 0.1) is 0 Å². The van der Waals surface area contributed by atoms with Gasteiger partial charge < -0.3 is 0 Å². The fourth-order valence-electron chi connectivity index (χ4n) is 1.96. The second kappa shape index (κ2) is 7.03. The minimum atomic E-state index is -1.15. The first-order valence-corrected chi connectivity index (χ1v) is 12.6. The maximum absolute atomic E-state index is 12.1. The summed E-state index contributed by atoms with van der Waals surface area (Å²) in [6.45, 7) is 7.47. The quantitative estimate of drug-likeness (QED) is 0.775. The summed E-state index contributed by atoms with van der Waals surface area (Å²) in [7, 11) is -1.15. The molecule has 21 heavy (non-hydrogen) atoms. The molecule has 1 aliphatic carbocycles. The van der Waals surface area contributed by atoms with Crippen LogP contribution < -0.4 is 4.46 Å². The Balaban J connectivity index is 1.96. The van der Waals surface area contributed by atoms with Gasteiger partial charge in [0, 0.05) is 0 Å². The van der Waals surface area contributed by atoms with E-state index >= 15 is 0 Å². The Bertz CT molecular complexity index is 522. The molecule has 0 spiro atoms. The standard InChI is InChI=1S/C16H22O3SeSi/c1-21(2,3)10-9-19-13-11-14(16(18)15(13)17)20-12-7-5-4-6-8-12/h4-8,11,13,15,17H,9-10H2,1-3H3/t13-,15+/m0/s1. The molecule has 5 heteroatoms. The van der Waals surface area contributed by atoms with E-state index in [9.17, 15) is 9.90 Å². The van der Waals surface area contributed by atoms with Crippen LogP contribution in [0.1, 0.15) is 0 Å².